The first-order valence-corrected chi connectivity index (χ1v) is 8.01. The summed E-state index contributed by atoms with van der Waals surface area (Å²) in [6.45, 7) is 1.13. The number of hydrogen-bond donors (Lipinski definition) is 0. The largest absolute Gasteiger partial charge is 0.493 e. The average Bonchev–Trinajstić information content (AvgIpc) is 2.92. The molecule has 0 atom stereocenters. The third-order valence-electron chi connectivity index (χ3n) is 3.66. The Hall–Kier alpha value is -2.27. The second-order valence-corrected chi connectivity index (χ2v) is 5.97. The summed E-state index contributed by atoms with van der Waals surface area (Å²) in [6, 6.07) is 13.5. The standard InChI is InChI=1S/C18H16BrNO3/c1-22-17-4-2-3-5-18(17)23-9-8-20-11-13(12-21)15-10-14(19)6-7-16(15)20/h2-7,10-12H,8-9H2,1H3. The Kier molecular flexibility index (Phi) is 4.67. The van der Waals surface area contributed by atoms with Crippen LogP contribution in [0.2, 0.25) is 0 Å². The Morgan fingerprint density at radius 2 is 1.96 bits per heavy atom. The highest BCUT2D eigenvalue weighted by Gasteiger charge is 2.09. The van der Waals surface area contributed by atoms with Crippen molar-refractivity contribution in [3.63, 3.8) is 0 Å². The van der Waals surface area contributed by atoms with Gasteiger partial charge in [-0.1, -0.05) is 28.1 Å². The number of para-hydroxylation sites is 2. The molecular weight excluding hydrogens is 358 g/mol. The fraction of sp³-hybridized carbons (Fsp3) is 0.167. The number of carbonyl (C=O) groups excluding carboxylic acids is 1. The summed E-state index contributed by atoms with van der Waals surface area (Å²) in [5.41, 5.74) is 1.69. The van der Waals surface area contributed by atoms with Gasteiger partial charge in [0, 0.05) is 27.1 Å². The number of rotatable bonds is 6. The van der Waals surface area contributed by atoms with E-state index in [1.807, 2.05) is 53.2 Å². The van der Waals surface area contributed by atoms with E-state index in [4.69, 9.17) is 9.47 Å². The number of ether oxygens (including phenoxy) is 2. The summed E-state index contributed by atoms with van der Waals surface area (Å²) in [7, 11) is 1.62. The second-order valence-electron chi connectivity index (χ2n) is 5.06. The quantitative estimate of drug-likeness (QED) is 0.604. The summed E-state index contributed by atoms with van der Waals surface area (Å²) in [4.78, 5) is 11.2. The zero-order valence-corrected chi connectivity index (χ0v) is 14.2. The SMILES string of the molecule is COc1ccccc1OCCn1cc(C=O)c2cc(Br)ccc21. The van der Waals surface area contributed by atoms with Gasteiger partial charge in [0.05, 0.1) is 13.7 Å². The molecule has 0 amide bonds. The summed E-state index contributed by atoms with van der Waals surface area (Å²) in [5, 5.41) is 0.937. The minimum Gasteiger partial charge on any atom is -0.493 e. The minimum atomic E-state index is 0.485. The Morgan fingerprint density at radius 1 is 1.17 bits per heavy atom. The maximum atomic E-state index is 11.2. The highest BCUT2D eigenvalue weighted by Crippen LogP contribution is 2.27. The van der Waals surface area contributed by atoms with Crippen molar-refractivity contribution in [1.82, 2.24) is 4.57 Å². The predicted molar refractivity (Wildman–Crippen MR) is 93.5 cm³/mol. The second kappa shape index (κ2) is 6.87. The van der Waals surface area contributed by atoms with Crippen LogP contribution in [0.5, 0.6) is 11.5 Å². The lowest BCUT2D eigenvalue weighted by molar-refractivity contribution is 0.112. The van der Waals surface area contributed by atoms with Crippen molar-refractivity contribution < 1.29 is 14.3 Å². The predicted octanol–water partition coefficient (Wildman–Crippen LogP) is 4.30. The number of aldehydes is 1. The maximum absolute atomic E-state index is 11.2. The highest BCUT2D eigenvalue weighted by atomic mass is 79.9. The van der Waals surface area contributed by atoms with Crippen molar-refractivity contribution in [2.45, 2.75) is 6.54 Å². The van der Waals surface area contributed by atoms with Crippen LogP contribution in [-0.4, -0.2) is 24.6 Å². The number of aromatic nitrogens is 1. The molecule has 0 spiro atoms. The van der Waals surface area contributed by atoms with Crippen molar-refractivity contribution >= 4 is 33.1 Å². The van der Waals surface area contributed by atoms with Crippen LogP contribution in [0.3, 0.4) is 0 Å². The van der Waals surface area contributed by atoms with Crippen LogP contribution in [0.15, 0.2) is 53.1 Å². The van der Waals surface area contributed by atoms with Gasteiger partial charge in [-0.25, -0.2) is 0 Å². The summed E-state index contributed by atoms with van der Waals surface area (Å²) in [5.74, 6) is 1.42. The van der Waals surface area contributed by atoms with Crippen molar-refractivity contribution in [3.8, 4) is 11.5 Å². The van der Waals surface area contributed by atoms with E-state index in [1.54, 1.807) is 7.11 Å². The molecule has 5 heteroatoms. The first-order valence-electron chi connectivity index (χ1n) is 7.22. The van der Waals surface area contributed by atoms with E-state index >= 15 is 0 Å². The molecule has 3 rings (SSSR count). The van der Waals surface area contributed by atoms with Crippen LogP contribution in [0.4, 0.5) is 0 Å². The first-order chi connectivity index (χ1) is 11.2. The molecule has 118 valence electrons. The Labute approximate surface area is 142 Å². The van der Waals surface area contributed by atoms with Gasteiger partial charge in [-0.05, 0) is 30.3 Å². The van der Waals surface area contributed by atoms with Gasteiger partial charge >= 0.3 is 0 Å². The fourth-order valence-electron chi connectivity index (χ4n) is 2.57. The fourth-order valence-corrected chi connectivity index (χ4v) is 2.93. The van der Waals surface area contributed by atoms with E-state index < -0.39 is 0 Å². The average molecular weight is 374 g/mol. The van der Waals surface area contributed by atoms with Gasteiger partial charge in [0.1, 0.15) is 6.61 Å². The van der Waals surface area contributed by atoms with E-state index in [9.17, 15) is 4.79 Å². The zero-order chi connectivity index (χ0) is 16.2. The van der Waals surface area contributed by atoms with Crippen LogP contribution in [0.25, 0.3) is 10.9 Å². The molecule has 0 N–H and O–H groups in total. The number of nitrogens with zero attached hydrogens (tertiary/aromatic N) is 1. The number of halogens is 1. The number of carbonyl (C=O) groups is 1. The molecular formula is C18H16BrNO3. The third kappa shape index (κ3) is 3.24. The lowest BCUT2D eigenvalue weighted by Crippen LogP contribution is -2.07. The Morgan fingerprint density at radius 3 is 2.70 bits per heavy atom. The van der Waals surface area contributed by atoms with Crippen molar-refractivity contribution in [1.29, 1.82) is 0 Å². The van der Waals surface area contributed by atoms with Gasteiger partial charge in [-0.2, -0.15) is 0 Å². The lowest BCUT2D eigenvalue weighted by Gasteiger charge is -2.11. The first kappa shape index (κ1) is 15.6. The molecule has 0 aliphatic heterocycles. The zero-order valence-electron chi connectivity index (χ0n) is 12.7. The molecule has 1 heterocycles. The van der Waals surface area contributed by atoms with E-state index in [-0.39, 0.29) is 0 Å². The van der Waals surface area contributed by atoms with Gasteiger partial charge in [0.2, 0.25) is 0 Å². The molecule has 0 unspecified atom stereocenters. The monoisotopic (exact) mass is 373 g/mol. The van der Waals surface area contributed by atoms with Gasteiger partial charge in [-0.3, -0.25) is 4.79 Å². The Balaban J connectivity index is 1.78. The van der Waals surface area contributed by atoms with Crippen molar-refractivity contribution in [3.05, 3.63) is 58.7 Å². The molecule has 0 saturated heterocycles. The van der Waals surface area contributed by atoms with E-state index in [0.29, 0.717) is 30.2 Å². The van der Waals surface area contributed by atoms with Crippen LogP contribution in [0.1, 0.15) is 10.4 Å². The normalized spacial score (nSPS) is 10.7. The molecule has 3 aromatic rings. The molecule has 1 aromatic heterocycles. The number of hydrogen-bond acceptors (Lipinski definition) is 3. The third-order valence-corrected chi connectivity index (χ3v) is 4.15. The molecule has 0 saturated carbocycles. The molecule has 4 nitrogen and oxygen atoms in total. The van der Waals surface area contributed by atoms with E-state index in [1.165, 1.54) is 0 Å². The van der Waals surface area contributed by atoms with Crippen molar-refractivity contribution in [2.75, 3.05) is 13.7 Å². The van der Waals surface area contributed by atoms with Gasteiger partial charge < -0.3 is 14.0 Å². The molecule has 0 radical (unpaired) electrons. The summed E-state index contributed by atoms with van der Waals surface area (Å²) in [6.07, 6.45) is 2.74. The smallest absolute Gasteiger partial charge is 0.161 e. The molecule has 0 aliphatic carbocycles. The topological polar surface area (TPSA) is 40.5 Å². The molecule has 0 bridgehead atoms. The van der Waals surface area contributed by atoms with Gasteiger partial charge in [0.15, 0.2) is 17.8 Å². The van der Waals surface area contributed by atoms with Gasteiger partial charge in [-0.15, -0.1) is 0 Å². The van der Waals surface area contributed by atoms with E-state index in [2.05, 4.69) is 15.9 Å². The number of benzene rings is 2. The molecule has 0 fully saturated rings. The van der Waals surface area contributed by atoms with Gasteiger partial charge in [0.25, 0.3) is 0 Å². The molecule has 23 heavy (non-hydrogen) atoms. The van der Waals surface area contributed by atoms with Crippen LogP contribution in [0, 0.1) is 0 Å². The van der Waals surface area contributed by atoms with Crippen LogP contribution in [-0.2, 0) is 6.54 Å². The number of methoxy groups -OCH3 is 1. The number of fused-ring (bicyclic) bond motifs is 1. The highest BCUT2D eigenvalue weighted by molar-refractivity contribution is 9.10. The van der Waals surface area contributed by atoms with E-state index in [0.717, 1.165) is 21.7 Å². The lowest BCUT2D eigenvalue weighted by atomic mass is 10.2. The molecule has 0 aliphatic rings. The van der Waals surface area contributed by atoms with Crippen molar-refractivity contribution in [2.24, 2.45) is 0 Å². The maximum Gasteiger partial charge on any atom is 0.161 e. The Bertz CT molecular complexity index is 841. The molecule has 2 aromatic carbocycles. The summed E-state index contributed by atoms with van der Waals surface area (Å²) < 4.78 is 14.1. The minimum absolute atomic E-state index is 0.485. The summed E-state index contributed by atoms with van der Waals surface area (Å²) >= 11 is 3.44. The van der Waals surface area contributed by atoms with Crippen LogP contribution >= 0.6 is 15.9 Å². The van der Waals surface area contributed by atoms with Crippen LogP contribution < -0.4 is 9.47 Å².